The second-order valence-electron chi connectivity index (χ2n) is 7.15. The molecule has 3 rings (SSSR count). The highest BCUT2D eigenvalue weighted by Gasteiger charge is 2.09. The molecular weight excluding hydrogens is 458 g/mol. The Kier molecular flexibility index (Phi) is 8.88. The van der Waals surface area contributed by atoms with Gasteiger partial charge in [0.05, 0.1) is 13.3 Å². The fourth-order valence-corrected chi connectivity index (χ4v) is 2.96. The number of methoxy groups -OCH3 is 1. The van der Waals surface area contributed by atoms with Gasteiger partial charge in [0.2, 0.25) is 0 Å². The van der Waals surface area contributed by atoms with Crippen LogP contribution in [0.3, 0.4) is 0 Å². The summed E-state index contributed by atoms with van der Waals surface area (Å²) in [6.45, 7) is 1.58. The van der Waals surface area contributed by atoms with E-state index in [2.05, 4.69) is 15.8 Å². The van der Waals surface area contributed by atoms with Gasteiger partial charge in [-0.15, -0.1) is 0 Å². The Balaban J connectivity index is 1.48. The van der Waals surface area contributed by atoms with Crippen LogP contribution in [0.25, 0.3) is 0 Å². The van der Waals surface area contributed by atoms with Crippen molar-refractivity contribution < 1.29 is 23.8 Å². The number of hydrogen-bond acceptors (Lipinski definition) is 6. The lowest BCUT2D eigenvalue weighted by Gasteiger charge is -2.11. The van der Waals surface area contributed by atoms with E-state index in [-0.39, 0.29) is 19.1 Å². The maximum absolute atomic E-state index is 12.1. The monoisotopic (exact) mass is 481 g/mol. The summed E-state index contributed by atoms with van der Waals surface area (Å²) >= 11 is 5.88. The number of nitrogens with zero attached hydrogens (tertiary/aromatic N) is 1. The standard InChI is InChI=1S/C25H24ClN3O5/c1-17-6-9-20(10-7-17)28-24(30)15-34-22-11-8-18(12-23(22)32-2)14-27-29-25(31)16-33-21-5-3-4-19(26)13-21/h3-14H,15-16H2,1-2H3,(H,28,30)(H,29,31)/b27-14-. The molecule has 0 aliphatic rings. The summed E-state index contributed by atoms with van der Waals surface area (Å²) in [7, 11) is 1.49. The SMILES string of the molecule is COc1cc(/C=N\NC(=O)COc2cccc(Cl)c2)ccc1OCC(=O)Nc1ccc(C)cc1. The maximum atomic E-state index is 12.1. The van der Waals surface area contributed by atoms with Gasteiger partial charge in [-0.1, -0.05) is 35.4 Å². The molecule has 3 aromatic carbocycles. The lowest BCUT2D eigenvalue weighted by molar-refractivity contribution is -0.123. The van der Waals surface area contributed by atoms with E-state index >= 15 is 0 Å². The molecule has 0 fully saturated rings. The van der Waals surface area contributed by atoms with Crippen LogP contribution in [0, 0.1) is 6.92 Å². The second kappa shape index (κ2) is 12.3. The molecule has 0 heterocycles. The summed E-state index contributed by atoms with van der Waals surface area (Å²) in [6.07, 6.45) is 1.45. The van der Waals surface area contributed by atoms with Crippen LogP contribution in [0.2, 0.25) is 5.02 Å². The first-order valence-corrected chi connectivity index (χ1v) is 10.7. The van der Waals surface area contributed by atoms with E-state index in [9.17, 15) is 9.59 Å². The second-order valence-corrected chi connectivity index (χ2v) is 7.59. The van der Waals surface area contributed by atoms with E-state index in [1.165, 1.54) is 13.3 Å². The van der Waals surface area contributed by atoms with Crippen LogP contribution in [-0.4, -0.2) is 38.4 Å². The molecule has 0 bridgehead atoms. The minimum Gasteiger partial charge on any atom is -0.493 e. The average molecular weight is 482 g/mol. The molecule has 3 aromatic rings. The minimum absolute atomic E-state index is 0.180. The van der Waals surface area contributed by atoms with E-state index in [0.29, 0.717) is 33.5 Å². The Morgan fingerprint density at radius 2 is 1.71 bits per heavy atom. The number of carbonyl (C=O) groups is 2. The number of anilines is 1. The van der Waals surface area contributed by atoms with E-state index in [1.807, 2.05) is 31.2 Å². The van der Waals surface area contributed by atoms with Crippen molar-refractivity contribution in [2.75, 3.05) is 25.6 Å². The number of ether oxygens (including phenoxy) is 3. The molecule has 0 aliphatic carbocycles. The Morgan fingerprint density at radius 3 is 2.44 bits per heavy atom. The van der Waals surface area contributed by atoms with E-state index < -0.39 is 5.91 Å². The first-order chi connectivity index (χ1) is 16.4. The fourth-order valence-electron chi connectivity index (χ4n) is 2.78. The van der Waals surface area contributed by atoms with Crippen LogP contribution in [-0.2, 0) is 9.59 Å². The van der Waals surface area contributed by atoms with Crippen LogP contribution in [0.1, 0.15) is 11.1 Å². The number of carbonyl (C=O) groups excluding carboxylic acids is 2. The van der Waals surface area contributed by atoms with Crippen molar-refractivity contribution in [2.45, 2.75) is 6.92 Å². The van der Waals surface area contributed by atoms with Crippen LogP contribution in [0.4, 0.5) is 5.69 Å². The molecule has 0 unspecified atom stereocenters. The lowest BCUT2D eigenvalue weighted by Crippen LogP contribution is -2.24. The number of benzene rings is 3. The van der Waals surface area contributed by atoms with Crippen LogP contribution >= 0.6 is 11.6 Å². The third kappa shape index (κ3) is 7.83. The normalized spacial score (nSPS) is 10.6. The van der Waals surface area contributed by atoms with Gasteiger partial charge in [0.15, 0.2) is 24.7 Å². The summed E-state index contributed by atoms with van der Waals surface area (Å²) in [5.41, 5.74) is 4.84. The molecule has 2 N–H and O–H groups in total. The van der Waals surface area contributed by atoms with Gasteiger partial charge in [-0.3, -0.25) is 9.59 Å². The number of rotatable bonds is 10. The molecular formula is C25H24ClN3O5. The summed E-state index contributed by atoms with van der Waals surface area (Å²) in [5, 5.41) is 7.20. The van der Waals surface area contributed by atoms with Gasteiger partial charge >= 0.3 is 0 Å². The van der Waals surface area contributed by atoms with Gasteiger partial charge in [0.1, 0.15) is 5.75 Å². The van der Waals surface area contributed by atoms with Crippen molar-refractivity contribution in [1.29, 1.82) is 0 Å². The maximum Gasteiger partial charge on any atom is 0.277 e. The largest absolute Gasteiger partial charge is 0.493 e. The molecule has 2 amide bonds. The zero-order chi connectivity index (χ0) is 24.3. The van der Waals surface area contributed by atoms with Gasteiger partial charge in [0, 0.05) is 10.7 Å². The van der Waals surface area contributed by atoms with Crippen molar-refractivity contribution in [3.8, 4) is 17.2 Å². The Labute approximate surface area is 202 Å². The van der Waals surface area contributed by atoms with Gasteiger partial charge in [0.25, 0.3) is 11.8 Å². The Morgan fingerprint density at radius 1 is 0.941 bits per heavy atom. The smallest absolute Gasteiger partial charge is 0.277 e. The molecule has 176 valence electrons. The zero-order valence-electron chi connectivity index (χ0n) is 18.7. The summed E-state index contributed by atoms with van der Waals surface area (Å²) in [5.74, 6) is 0.585. The number of aryl methyl sites for hydroxylation is 1. The highest BCUT2D eigenvalue weighted by molar-refractivity contribution is 6.30. The number of halogens is 1. The lowest BCUT2D eigenvalue weighted by atomic mass is 10.2. The third-order valence-corrected chi connectivity index (χ3v) is 4.69. The number of hydrogen-bond donors (Lipinski definition) is 2. The number of nitrogens with one attached hydrogen (secondary N) is 2. The van der Waals surface area contributed by atoms with Crippen LogP contribution in [0.5, 0.6) is 17.2 Å². The fraction of sp³-hybridized carbons (Fsp3) is 0.160. The van der Waals surface area contributed by atoms with Gasteiger partial charge in [-0.25, -0.2) is 5.43 Å². The van der Waals surface area contributed by atoms with E-state index in [0.717, 1.165) is 5.56 Å². The van der Waals surface area contributed by atoms with Crippen LogP contribution in [0.15, 0.2) is 71.8 Å². The van der Waals surface area contributed by atoms with Gasteiger partial charge in [-0.2, -0.15) is 5.10 Å². The first kappa shape index (κ1) is 24.6. The van der Waals surface area contributed by atoms with Crippen molar-refractivity contribution in [3.05, 3.63) is 82.9 Å². The minimum atomic E-state index is -0.428. The zero-order valence-corrected chi connectivity index (χ0v) is 19.5. The average Bonchev–Trinajstić information content (AvgIpc) is 2.83. The number of amides is 2. The van der Waals surface area contributed by atoms with Crippen molar-refractivity contribution in [3.63, 3.8) is 0 Å². The van der Waals surface area contributed by atoms with Crippen molar-refractivity contribution in [2.24, 2.45) is 5.10 Å². The molecule has 34 heavy (non-hydrogen) atoms. The van der Waals surface area contributed by atoms with Crippen LogP contribution < -0.4 is 25.0 Å². The van der Waals surface area contributed by atoms with Gasteiger partial charge < -0.3 is 19.5 Å². The van der Waals surface area contributed by atoms with Crippen molar-refractivity contribution >= 4 is 35.3 Å². The predicted octanol–water partition coefficient (Wildman–Crippen LogP) is 4.20. The number of hydrazone groups is 1. The highest BCUT2D eigenvalue weighted by atomic mass is 35.5. The molecule has 0 atom stereocenters. The topological polar surface area (TPSA) is 98.2 Å². The first-order valence-electron chi connectivity index (χ1n) is 10.3. The Hall–Kier alpha value is -4.04. The molecule has 0 saturated heterocycles. The van der Waals surface area contributed by atoms with Gasteiger partial charge in [-0.05, 0) is 61.0 Å². The summed E-state index contributed by atoms with van der Waals surface area (Å²) < 4.78 is 16.3. The van der Waals surface area contributed by atoms with E-state index in [1.54, 1.807) is 42.5 Å². The predicted molar refractivity (Wildman–Crippen MR) is 131 cm³/mol. The molecule has 0 saturated carbocycles. The highest BCUT2D eigenvalue weighted by Crippen LogP contribution is 2.27. The molecule has 0 spiro atoms. The van der Waals surface area contributed by atoms with E-state index in [4.69, 9.17) is 25.8 Å². The van der Waals surface area contributed by atoms with Crippen molar-refractivity contribution in [1.82, 2.24) is 5.43 Å². The summed E-state index contributed by atoms with van der Waals surface area (Å²) in [6, 6.07) is 19.3. The summed E-state index contributed by atoms with van der Waals surface area (Å²) in [4.78, 5) is 24.0. The molecule has 0 aliphatic heterocycles. The molecule has 0 aromatic heterocycles. The molecule has 9 heteroatoms. The quantitative estimate of drug-likeness (QED) is 0.334. The molecule has 8 nitrogen and oxygen atoms in total. The Bertz CT molecular complexity index is 1170. The molecule has 0 radical (unpaired) electrons. The third-order valence-electron chi connectivity index (χ3n) is 4.45.